The van der Waals surface area contributed by atoms with Crippen molar-refractivity contribution in [1.29, 1.82) is 0 Å². The van der Waals surface area contributed by atoms with Crippen LogP contribution in [0, 0.1) is 0 Å². The van der Waals surface area contributed by atoms with Gasteiger partial charge in [-0.1, -0.05) is 202 Å². The second-order valence-electron chi connectivity index (χ2n) is 14.8. The highest BCUT2D eigenvalue weighted by Crippen LogP contribution is 2.14. The Morgan fingerprint density at radius 3 is 1.20 bits per heavy atom. The van der Waals surface area contributed by atoms with Crippen molar-refractivity contribution in [3.8, 4) is 0 Å². The van der Waals surface area contributed by atoms with E-state index in [4.69, 9.17) is 9.47 Å². The molecule has 0 bridgehead atoms. The fraction of sp³-hybridized carbons (Fsp3) is 0.714. The molecule has 310 valence electrons. The molecule has 0 amide bonds. The fourth-order valence-electron chi connectivity index (χ4n) is 6.15. The molecule has 0 heterocycles. The third kappa shape index (κ3) is 42.1. The summed E-state index contributed by atoms with van der Waals surface area (Å²) in [5.74, 6) is -0.606. The second kappa shape index (κ2) is 44.7. The normalized spacial score (nSPS) is 12.9. The number of ether oxygens (including phenoxy) is 2. The summed E-state index contributed by atoms with van der Waals surface area (Å²) in [6, 6.07) is 0. The Bertz CT molecular complexity index is 988. The molecule has 1 N–H and O–H groups in total. The van der Waals surface area contributed by atoms with E-state index in [2.05, 4.69) is 86.8 Å². The summed E-state index contributed by atoms with van der Waals surface area (Å²) in [6.07, 6.45) is 59.7. The van der Waals surface area contributed by atoms with Crippen molar-refractivity contribution in [2.24, 2.45) is 0 Å². The van der Waals surface area contributed by atoms with Crippen LogP contribution in [0.3, 0.4) is 0 Å². The van der Waals surface area contributed by atoms with Crippen molar-refractivity contribution >= 4 is 11.9 Å². The van der Waals surface area contributed by atoms with E-state index in [-0.39, 0.29) is 25.2 Å². The summed E-state index contributed by atoms with van der Waals surface area (Å²) in [4.78, 5) is 24.3. The molecule has 0 rings (SSSR count). The van der Waals surface area contributed by atoms with Gasteiger partial charge >= 0.3 is 11.9 Å². The minimum absolute atomic E-state index is 0.0728. The van der Waals surface area contributed by atoms with Crippen molar-refractivity contribution in [2.75, 3.05) is 13.2 Å². The van der Waals surface area contributed by atoms with E-state index in [1.54, 1.807) is 0 Å². The van der Waals surface area contributed by atoms with Gasteiger partial charge in [0.15, 0.2) is 6.10 Å². The monoisotopic (exact) mass is 753 g/mol. The van der Waals surface area contributed by atoms with Crippen LogP contribution >= 0.6 is 0 Å². The Kier molecular flexibility index (Phi) is 42.5. The number of hydrogen-bond donors (Lipinski definition) is 1. The van der Waals surface area contributed by atoms with Gasteiger partial charge in [-0.2, -0.15) is 0 Å². The van der Waals surface area contributed by atoms with Gasteiger partial charge in [0, 0.05) is 12.8 Å². The Morgan fingerprint density at radius 1 is 0.444 bits per heavy atom. The van der Waals surface area contributed by atoms with Gasteiger partial charge in [0.05, 0.1) is 6.61 Å². The number of carbonyl (C=O) groups excluding carboxylic acids is 2. The first kappa shape index (κ1) is 51.3. The molecule has 0 saturated carbocycles. The first-order valence-corrected chi connectivity index (χ1v) is 22.5. The summed E-state index contributed by atoms with van der Waals surface area (Å²) in [6.45, 7) is 4.02. The third-order valence-electron chi connectivity index (χ3n) is 9.51. The van der Waals surface area contributed by atoms with Crippen molar-refractivity contribution < 1.29 is 24.2 Å². The summed E-state index contributed by atoms with van der Waals surface area (Å²) in [5.41, 5.74) is 0. The van der Waals surface area contributed by atoms with E-state index in [1.807, 2.05) is 0 Å². The lowest BCUT2D eigenvalue weighted by atomic mass is 10.0. The Morgan fingerprint density at radius 2 is 0.796 bits per heavy atom. The number of unbranched alkanes of at least 4 members (excludes halogenated alkanes) is 20. The van der Waals surface area contributed by atoms with Crippen LogP contribution in [0.1, 0.15) is 206 Å². The number of allylic oxidation sites excluding steroid dienone is 12. The van der Waals surface area contributed by atoms with Gasteiger partial charge in [0.1, 0.15) is 6.61 Å². The lowest BCUT2D eigenvalue weighted by molar-refractivity contribution is -0.161. The fourth-order valence-corrected chi connectivity index (χ4v) is 6.15. The van der Waals surface area contributed by atoms with Crippen LogP contribution in [-0.2, 0) is 19.1 Å². The van der Waals surface area contributed by atoms with Crippen LogP contribution in [0.25, 0.3) is 0 Å². The molecule has 1 atom stereocenters. The first-order chi connectivity index (χ1) is 26.6. The molecule has 5 nitrogen and oxygen atoms in total. The van der Waals surface area contributed by atoms with E-state index in [1.165, 1.54) is 96.3 Å². The second-order valence-corrected chi connectivity index (χ2v) is 14.8. The zero-order valence-corrected chi connectivity index (χ0v) is 35.2. The van der Waals surface area contributed by atoms with E-state index >= 15 is 0 Å². The quantitative estimate of drug-likeness (QED) is 0.0383. The summed E-state index contributed by atoms with van der Waals surface area (Å²) in [7, 11) is 0. The molecule has 1 unspecified atom stereocenters. The zero-order valence-electron chi connectivity index (χ0n) is 35.2. The molecule has 0 aromatic rings. The van der Waals surface area contributed by atoms with E-state index in [0.29, 0.717) is 12.8 Å². The standard InChI is InChI=1S/C49H84O5/c1-3-5-7-9-11-13-15-17-19-20-21-22-23-24-25-26-27-28-30-32-34-36-38-40-42-44-49(52)54-47(45-50)46-53-48(51)43-41-39-37-35-33-31-29-18-16-14-12-10-8-6-4-2/h5,7,11,13,17,19,21-22,24-25,27-28,47,50H,3-4,6,8-10,12,14-16,18,20,23,26,29-46H2,1-2H3/b7-5-,13-11-,19-17-,22-21-,25-24-,28-27-. The third-order valence-corrected chi connectivity index (χ3v) is 9.51. The van der Waals surface area contributed by atoms with Crippen molar-refractivity contribution in [1.82, 2.24) is 0 Å². The number of carbonyl (C=O) groups is 2. The van der Waals surface area contributed by atoms with E-state index in [9.17, 15) is 14.7 Å². The van der Waals surface area contributed by atoms with Crippen LogP contribution in [0.15, 0.2) is 72.9 Å². The summed E-state index contributed by atoms with van der Waals surface area (Å²) < 4.78 is 10.6. The first-order valence-electron chi connectivity index (χ1n) is 22.5. The predicted octanol–water partition coefficient (Wildman–Crippen LogP) is 14.5. The highest BCUT2D eigenvalue weighted by atomic mass is 16.6. The van der Waals surface area contributed by atoms with Gasteiger partial charge < -0.3 is 14.6 Å². The van der Waals surface area contributed by atoms with Gasteiger partial charge in [-0.15, -0.1) is 0 Å². The topological polar surface area (TPSA) is 72.8 Å². The summed E-state index contributed by atoms with van der Waals surface area (Å²) in [5, 5.41) is 9.59. The SMILES string of the molecule is CC/C=C\C/C=C\C/C=C\C/C=C\C/C=C\C/C=C\CCCCCCCCC(=O)OC(CO)COC(=O)CCCCCCCCCCCCCCCCC. The molecule has 5 heteroatoms. The molecule has 0 spiro atoms. The predicted molar refractivity (Wildman–Crippen MR) is 233 cm³/mol. The van der Waals surface area contributed by atoms with Crippen LogP contribution in [-0.4, -0.2) is 36.4 Å². The maximum atomic E-state index is 12.2. The molecule has 0 fully saturated rings. The number of rotatable bonds is 40. The molecule has 0 aromatic carbocycles. The average molecular weight is 753 g/mol. The highest BCUT2D eigenvalue weighted by molar-refractivity contribution is 5.70. The molecule has 0 aliphatic carbocycles. The van der Waals surface area contributed by atoms with Crippen LogP contribution in [0.5, 0.6) is 0 Å². The van der Waals surface area contributed by atoms with Crippen LogP contribution < -0.4 is 0 Å². The molecule has 0 saturated heterocycles. The Balaban J connectivity index is 3.60. The molecule has 0 aliphatic rings. The molecular weight excluding hydrogens is 669 g/mol. The highest BCUT2D eigenvalue weighted by Gasteiger charge is 2.16. The molecular formula is C49H84O5. The molecule has 0 aliphatic heterocycles. The van der Waals surface area contributed by atoms with Gasteiger partial charge in [-0.05, 0) is 64.2 Å². The Hall–Kier alpha value is -2.66. The zero-order chi connectivity index (χ0) is 39.3. The lowest BCUT2D eigenvalue weighted by Crippen LogP contribution is -2.28. The lowest BCUT2D eigenvalue weighted by Gasteiger charge is -2.15. The summed E-state index contributed by atoms with van der Waals surface area (Å²) >= 11 is 0. The maximum absolute atomic E-state index is 12.2. The number of aliphatic hydroxyl groups excluding tert-OH is 1. The van der Waals surface area contributed by atoms with Crippen molar-refractivity contribution in [3.05, 3.63) is 72.9 Å². The van der Waals surface area contributed by atoms with Crippen molar-refractivity contribution in [3.63, 3.8) is 0 Å². The largest absolute Gasteiger partial charge is 0.462 e. The smallest absolute Gasteiger partial charge is 0.306 e. The average Bonchev–Trinajstić information content (AvgIpc) is 3.17. The van der Waals surface area contributed by atoms with E-state index < -0.39 is 6.10 Å². The van der Waals surface area contributed by atoms with Gasteiger partial charge in [-0.25, -0.2) is 0 Å². The van der Waals surface area contributed by atoms with Crippen LogP contribution in [0.2, 0.25) is 0 Å². The van der Waals surface area contributed by atoms with Gasteiger partial charge in [0.2, 0.25) is 0 Å². The molecule has 54 heavy (non-hydrogen) atoms. The van der Waals surface area contributed by atoms with Crippen LogP contribution in [0.4, 0.5) is 0 Å². The number of aliphatic hydroxyl groups is 1. The van der Waals surface area contributed by atoms with Gasteiger partial charge in [-0.3, -0.25) is 9.59 Å². The number of esters is 2. The minimum atomic E-state index is -0.781. The minimum Gasteiger partial charge on any atom is -0.462 e. The molecule has 0 aromatic heterocycles. The number of hydrogen-bond acceptors (Lipinski definition) is 5. The van der Waals surface area contributed by atoms with Crippen molar-refractivity contribution in [2.45, 2.75) is 213 Å². The molecule has 0 radical (unpaired) electrons. The van der Waals surface area contributed by atoms with Gasteiger partial charge in [0.25, 0.3) is 0 Å². The maximum Gasteiger partial charge on any atom is 0.306 e. The Labute approximate surface area is 333 Å². The van der Waals surface area contributed by atoms with E-state index in [0.717, 1.165) is 83.5 Å².